The number of hydrogen-bond acceptors (Lipinski definition) is 5. The first-order valence-corrected chi connectivity index (χ1v) is 18.7. The Morgan fingerprint density at radius 3 is 1.85 bits per heavy atom. The van der Waals surface area contributed by atoms with Crippen molar-refractivity contribution >= 4 is 23.0 Å². The van der Waals surface area contributed by atoms with E-state index in [-0.39, 0.29) is 5.97 Å². The van der Waals surface area contributed by atoms with Gasteiger partial charge in [0.25, 0.3) is 0 Å². The molecule has 0 heterocycles. The van der Waals surface area contributed by atoms with Gasteiger partial charge in [0.2, 0.25) is 0 Å². The fourth-order valence-corrected chi connectivity index (χ4v) is 5.83. The lowest BCUT2D eigenvalue weighted by molar-refractivity contribution is -0.137. The lowest BCUT2D eigenvalue weighted by Crippen LogP contribution is -2.02. The quantitative estimate of drug-likeness (QED) is 0.0316. The van der Waals surface area contributed by atoms with Gasteiger partial charge in [-0.2, -0.15) is 0 Å². The van der Waals surface area contributed by atoms with Crippen LogP contribution in [0.5, 0.6) is 5.75 Å². The van der Waals surface area contributed by atoms with Gasteiger partial charge in [0.15, 0.2) is 0 Å². The predicted octanol–water partition coefficient (Wildman–Crippen LogP) is 11.1. The largest absolute Gasteiger partial charge is 0.493 e. The molecule has 0 aliphatic carbocycles. The van der Waals surface area contributed by atoms with Crippen LogP contribution in [-0.2, 0) is 25.5 Å². The number of aryl methyl sites for hydroxylation is 2. The molecule has 0 unspecified atom stereocenters. The summed E-state index contributed by atoms with van der Waals surface area (Å²) in [7, 11) is 1.68. The number of rotatable bonds is 17. The summed E-state index contributed by atoms with van der Waals surface area (Å²) in [6, 6.07) is 36.3. The molecule has 53 heavy (non-hydrogen) atoms. The zero-order chi connectivity index (χ0) is 37.7. The van der Waals surface area contributed by atoms with Gasteiger partial charge in [-0.1, -0.05) is 85.1 Å². The highest BCUT2D eigenvalue weighted by Gasteiger charge is 2.07. The minimum absolute atomic E-state index is 0.362. The maximum Gasteiger partial charge on any atom is 0.330 e. The van der Waals surface area contributed by atoms with E-state index in [9.17, 15) is 9.59 Å². The Kier molecular flexibility index (Phi) is 17.1. The lowest BCUT2D eigenvalue weighted by atomic mass is 9.98. The predicted molar refractivity (Wildman–Crippen MR) is 218 cm³/mol. The van der Waals surface area contributed by atoms with Gasteiger partial charge in [0, 0.05) is 37.3 Å². The van der Waals surface area contributed by atoms with Gasteiger partial charge >= 0.3 is 5.97 Å². The highest BCUT2D eigenvalue weighted by molar-refractivity contribution is 5.91. The summed E-state index contributed by atoms with van der Waals surface area (Å²) < 4.78 is 15.7. The third-order valence-electron chi connectivity index (χ3n) is 9.01. The minimum atomic E-state index is -0.362. The maximum absolute atomic E-state index is 11.1. The molecule has 0 atom stereocenters. The summed E-state index contributed by atoms with van der Waals surface area (Å²) in [4.78, 5) is 21.6. The monoisotopic (exact) mass is 708 g/mol. The van der Waals surface area contributed by atoms with Crippen LogP contribution in [0.25, 0.3) is 33.0 Å². The molecule has 0 radical (unpaired) electrons. The number of carbonyl (C=O) groups is 2. The number of fused-ring (bicyclic) bond motifs is 1. The second-order valence-electron chi connectivity index (χ2n) is 12.9. The van der Waals surface area contributed by atoms with Crippen molar-refractivity contribution in [3.8, 4) is 39.8 Å². The molecule has 0 aliphatic heterocycles. The summed E-state index contributed by atoms with van der Waals surface area (Å²) in [5.41, 5.74) is 9.10. The zero-order valence-electron chi connectivity index (χ0n) is 31.5. The summed E-state index contributed by atoms with van der Waals surface area (Å²) in [6.07, 6.45) is 9.67. The molecule has 0 N–H and O–H groups in total. The van der Waals surface area contributed by atoms with Crippen molar-refractivity contribution in [2.24, 2.45) is 0 Å². The minimum Gasteiger partial charge on any atom is -0.493 e. The molecule has 0 fully saturated rings. The van der Waals surface area contributed by atoms with Crippen LogP contribution in [0.2, 0.25) is 0 Å². The van der Waals surface area contributed by atoms with Crippen LogP contribution < -0.4 is 4.74 Å². The van der Waals surface area contributed by atoms with Crippen LogP contribution in [-0.4, -0.2) is 39.2 Å². The topological polar surface area (TPSA) is 61.8 Å². The van der Waals surface area contributed by atoms with Crippen LogP contribution in [0.1, 0.15) is 74.1 Å². The van der Waals surface area contributed by atoms with E-state index in [0.29, 0.717) is 19.6 Å². The normalized spacial score (nSPS) is 10.4. The smallest absolute Gasteiger partial charge is 0.330 e. The molecule has 5 heteroatoms. The summed E-state index contributed by atoms with van der Waals surface area (Å²) in [6.45, 7) is 9.40. The molecule has 0 saturated heterocycles. The summed E-state index contributed by atoms with van der Waals surface area (Å²) in [5.74, 6) is 7.18. The number of aldehydes is 1. The average molecular weight is 709 g/mol. The van der Waals surface area contributed by atoms with Crippen LogP contribution in [0.15, 0.2) is 116 Å². The highest BCUT2D eigenvalue weighted by atomic mass is 16.5. The van der Waals surface area contributed by atoms with Crippen molar-refractivity contribution in [2.45, 2.75) is 65.2 Å². The number of hydrogen-bond donors (Lipinski definition) is 0. The van der Waals surface area contributed by atoms with Crippen molar-refractivity contribution < 1.29 is 23.8 Å². The van der Waals surface area contributed by atoms with E-state index in [4.69, 9.17) is 9.47 Å². The van der Waals surface area contributed by atoms with E-state index in [0.717, 1.165) is 85.8 Å². The van der Waals surface area contributed by atoms with Gasteiger partial charge in [-0.05, 0) is 139 Å². The second kappa shape index (κ2) is 22.5. The van der Waals surface area contributed by atoms with E-state index < -0.39 is 0 Å². The molecule has 0 spiro atoms. The molecule has 5 aromatic carbocycles. The fraction of sp³-hybridized carbons (Fsp3) is 0.292. The molecular weight excluding hydrogens is 657 g/mol. The van der Waals surface area contributed by atoms with Crippen LogP contribution >= 0.6 is 0 Å². The van der Waals surface area contributed by atoms with Gasteiger partial charge in [-0.25, -0.2) is 4.79 Å². The van der Waals surface area contributed by atoms with E-state index in [1.54, 1.807) is 7.11 Å². The second-order valence-corrected chi connectivity index (χ2v) is 12.9. The van der Waals surface area contributed by atoms with Crippen molar-refractivity contribution in [3.05, 3.63) is 138 Å². The molecule has 0 saturated carbocycles. The number of methoxy groups -OCH3 is 1. The lowest BCUT2D eigenvalue weighted by Gasteiger charge is -2.13. The van der Waals surface area contributed by atoms with Crippen LogP contribution in [0, 0.1) is 18.8 Å². The van der Waals surface area contributed by atoms with Gasteiger partial charge in [0.1, 0.15) is 12.0 Å². The van der Waals surface area contributed by atoms with Gasteiger partial charge < -0.3 is 19.0 Å². The Labute approximate surface area is 316 Å². The maximum atomic E-state index is 11.1. The van der Waals surface area contributed by atoms with Crippen molar-refractivity contribution in [1.82, 2.24) is 0 Å². The highest BCUT2D eigenvalue weighted by Crippen LogP contribution is 2.31. The first-order valence-electron chi connectivity index (χ1n) is 18.7. The third kappa shape index (κ3) is 13.2. The fourth-order valence-electron chi connectivity index (χ4n) is 5.83. The van der Waals surface area contributed by atoms with Gasteiger partial charge in [-0.3, -0.25) is 0 Å². The van der Waals surface area contributed by atoms with E-state index >= 15 is 0 Å². The van der Waals surface area contributed by atoms with Gasteiger partial charge in [-0.15, -0.1) is 0 Å². The van der Waals surface area contributed by atoms with Crippen LogP contribution in [0.4, 0.5) is 0 Å². The first-order chi connectivity index (χ1) is 25.9. The van der Waals surface area contributed by atoms with Gasteiger partial charge in [0.05, 0.1) is 13.2 Å². The SMILES string of the molecule is C=CC(=O)OCCCCCCOc1ccc2cc(-c3ccc(C#Cc4ccc(-c5ccc(CCCCC=O)cc5)cc4)cc3)ccc2c1C.CCOC. The zero-order valence-corrected chi connectivity index (χ0v) is 31.5. The Morgan fingerprint density at radius 1 is 0.698 bits per heavy atom. The van der Waals surface area contributed by atoms with E-state index in [2.05, 4.69) is 133 Å². The molecule has 5 nitrogen and oxygen atoms in total. The Bertz CT molecular complexity index is 1940. The first kappa shape index (κ1) is 40.3. The van der Waals surface area contributed by atoms with Crippen molar-refractivity contribution in [1.29, 1.82) is 0 Å². The van der Waals surface area contributed by atoms with E-state index in [1.165, 1.54) is 39.1 Å². The molecule has 0 aromatic heterocycles. The molecule has 0 amide bonds. The Morgan fingerprint density at radius 2 is 1.26 bits per heavy atom. The summed E-state index contributed by atoms with van der Waals surface area (Å²) in [5, 5.41) is 2.38. The number of ether oxygens (including phenoxy) is 3. The Balaban J connectivity index is 0.00000149. The Hall–Kier alpha value is -5.44. The number of unbranched alkanes of at least 4 members (excludes halogenated alkanes) is 5. The molecule has 5 rings (SSSR count). The molecule has 274 valence electrons. The standard InChI is InChI=1S/C45H44O4.C3H8O/c1-3-45(47)49-32-10-5-4-9-31-48-44-29-27-42-33-41(26-28-43(42)34(44)2)40-24-18-37(19-25-40)13-12-36-16-22-39(23-17-36)38-20-14-35(15-21-38)11-7-6-8-30-46;1-3-4-2/h3,14-30,33H,1,4-11,31-32H2,2H3;3H2,1-2H3. The molecule has 0 bridgehead atoms. The third-order valence-corrected chi connectivity index (χ3v) is 9.01. The average Bonchev–Trinajstić information content (AvgIpc) is 3.21. The molecule has 0 aliphatic rings. The molecule has 5 aromatic rings. The van der Waals surface area contributed by atoms with Crippen molar-refractivity contribution in [3.63, 3.8) is 0 Å². The molecular formula is C48H52O5. The number of benzene rings is 5. The van der Waals surface area contributed by atoms with Crippen LogP contribution in [0.3, 0.4) is 0 Å². The van der Waals surface area contributed by atoms with Crippen molar-refractivity contribution in [2.75, 3.05) is 26.9 Å². The van der Waals surface area contributed by atoms with E-state index in [1.807, 2.05) is 6.92 Å². The summed E-state index contributed by atoms with van der Waals surface area (Å²) >= 11 is 0. The number of esters is 1. The number of carbonyl (C=O) groups excluding carboxylic acids is 2.